The smallest absolute Gasteiger partial charge is 0.365 e. The Bertz CT molecular complexity index is 481. The van der Waals surface area contributed by atoms with Gasteiger partial charge in [0.25, 0.3) is 0 Å². The summed E-state index contributed by atoms with van der Waals surface area (Å²) in [4.78, 5) is 36.9. The van der Waals surface area contributed by atoms with E-state index in [0.717, 1.165) is 0 Å². The predicted molar refractivity (Wildman–Crippen MR) is 48.3 cm³/mol. The number of esters is 2. The minimum Gasteiger partial charge on any atom is -0.384 e. The first-order chi connectivity index (χ1) is 7.09. The largest absolute Gasteiger partial charge is 0.384 e. The fourth-order valence-electron chi connectivity index (χ4n) is 1.30. The lowest BCUT2D eigenvalue weighted by molar-refractivity contribution is -0.114. The number of ether oxygens (including phenoxy) is 1. The zero-order valence-electron chi connectivity index (χ0n) is 7.73. The lowest BCUT2D eigenvalue weighted by Gasteiger charge is -2.03. The van der Waals surface area contributed by atoms with Crippen molar-refractivity contribution >= 4 is 23.5 Å². The first kappa shape index (κ1) is 9.32. The van der Waals surface area contributed by atoms with Gasteiger partial charge in [-0.05, 0) is 6.07 Å². The van der Waals surface area contributed by atoms with Crippen molar-refractivity contribution in [3.8, 4) is 0 Å². The zero-order chi connectivity index (χ0) is 11.0. The highest BCUT2D eigenvalue weighted by Crippen LogP contribution is 2.25. The van der Waals surface area contributed by atoms with Crippen molar-refractivity contribution in [3.63, 3.8) is 0 Å². The Morgan fingerprint density at radius 2 is 2.13 bits per heavy atom. The highest BCUT2D eigenvalue weighted by molar-refractivity contribution is 6.17. The molecule has 0 fully saturated rings. The third-order valence-electron chi connectivity index (χ3n) is 1.84. The molecule has 2 rings (SSSR count). The first-order valence-corrected chi connectivity index (χ1v) is 4.12. The topological polar surface area (TPSA) is 85.4 Å². The molecule has 6 heteroatoms. The van der Waals surface area contributed by atoms with E-state index in [4.69, 9.17) is 0 Å². The van der Waals surface area contributed by atoms with E-state index in [1.807, 2.05) is 0 Å². The number of cyclic esters (lactones) is 2. The number of fused-ring (bicyclic) bond motifs is 1. The van der Waals surface area contributed by atoms with Gasteiger partial charge in [-0.15, -0.1) is 0 Å². The molecule has 6 nitrogen and oxygen atoms in total. The molecule has 76 valence electrons. The predicted octanol–water partition coefficient (Wildman–Crippen LogP) is 0.351. The summed E-state index contributed by atoms with van der Waals surface area (Å²) in [5.41, 5.74) is 0.187. The molecule has 1 aliphatic heterocycles. The maximum absolute atomic E-state index is 11.2. The van der Waals surface area contributed by atoms with E-state index < -0.39 is 11.9 Å². The third kappa shape index (κ3) is 1.45. The van der Waals surface area contributed by atoms with Crippen LogP contribution in [0, 0.1) is 0 Å². The number of nitrogens with one attached hydrogen (secondary N) is 1. The molecule has 0 spiro atoms. The maximum atomic E-state index is 11.2. The van der Waals surface area contributed by atoms with Crippen LogP contribution in [0.4, 0.5) is 5.69 Å². The Morgan fingerprint density at radius 3 is 2.80 bits per heavy atom. The Hall–Kier alpha value is -2.24. The van der Waals surface area contributed by atoms with Gasteiger partial charge in [0.15, 0.2) is 5.69 Å². The summed E-state index contributed by atoms with van der Waals surface area (Å²) in [6.07, 6.45) is 1.32. The van der Waals surface area contributed by atoms with Crippen LogP contribution >= 0.6 is 0 Å². The van der Waals surface area contributed by atoms with Gasteiger partial charge >= 0.3 is 11.9 Å². The molecule has 0 saturated heterocycles. The van der Waals surface area contributed by atoms with Crippen molar-refractivity contribution < 1.29 is 19.1 Å². The Morgan fingerprint density at radius 1 is 1.40 bits per heavy atom. The summed E-state index contributed by atoms with van der Waals surface area (Å²) < 4.78 is 4.36. The Balaban J connectivity index is 2.55. The second kappa shape index (κ2) is 3.16. The number of nitrogens with zero attached hydrogens (tertiary/aromatic N) is 1. The average molecular weight is 206 g/mol. The van der Waals surface area contributed by atoms with E-state index in [2.05, 4.69) is 15.0 Å². The molecule has 0 radical (unpaired) electrons. The molecule has 0 bridgehead atoms. The fraction of sp³-hybridized carbons (Fsp3) is 0.111. The summed E-state index contributed by atoms with van der Waals surface area (Å²) in [6.45, 7) is 1.30. The number of carbonyl (C=O) groups is 3. The fourth-order valence-corrected chi connectivity index (χ4v) is 1.30. The third-order valence-corrected chi connectivity index (χ3v) is 1.84. The van der Waals surface area contributed by atoms with Crippen LogP contribution in [0.5, 0.6) is 0 Å². The van der Waals surface area contributed by atoms with Crippen LogP contribution in [0.1, 0.15) is 27.8 Å². The molecule has 1 aliphatic rings. The normalized spacial score (nSPS) is 13.4. The molecule has 0 unspecified atom stereocenters. The molecule has 15 heavy (non-hydrogen) atoms. The number of pyridine rings is 1. The zero-order valence-corrected chi connectivity index (χ0v) is 7.73. The summed E-state index contributed by atoms with van der Waals surface area (Å²) >= 11 is 0. The number of carbonyl (C=O) groups excluding carboxylic acids is 3. The number of hydrogen-bond donors (Lipinski definition) is 1. The van der Waals surface area contributed by atoms with Gasteiger partial charge in [-0.2, -0.15) is 0 Å². The van der Waals surface area contributed by atoms with E-state index in [1.54, 1.807) is 0 Å². The van der Waals surface area contributed by atoms with E-state index in [9.17, 15) is 14.4 Å². The van der Waals surface area contributed by atoms with E-state index in [1.165, 1.54) is 19.2 Å². The molecular formula is C9H6N2O4. The van der Waals surface area contributed by atoms with Crippen LogP contribution in [0.2, 0.25) is 0 Å². The Labute approximate surface area is 84.3 Å². The number of aromatic nitrogens is 1. The average Bonchev–Trinajstić information content (AvgIpc) is 2.43. The minimum absolute atomic E-state index is 0.0118. The standard InChI is InChI=1S/C9H6N2O4/c1-4(12)11-5-2-3-10-7-6(5)8(13)15-9(7)14/h2-3H,1H3,(H,10,11,12). The number of anilines is 1. The summed E-state index contributed by atoms with van der Waals surface area (Å²) in [7, 11) is 0. The first-order valence-electron chi connectivity index (χ1n) is 4.12. The van der Waals surface area contributed by atoms with Crippen LogP contribution in [0.3, 0.4) is 0 Å². The van der Waals surface area contributed by atoms with Crippen molar-refractivity contribution in [3.05, 3.63) is 23.5 Å². The van der Waals surface area contributed by atoms with Gasteiger partial charge in [-0.1, -0.05) is 0 Å². The molecular weight excluding hydrogens is 200 g/mol. The van der Waals surface area contributed by atoms with Crippen molar-refractivity contribution in [2.75, 3.05) is 5.32 Å². The molecule has 1 aromatic heterocycles. The second-order valence-electron chi connectivity index (χ2n) is 2.94. The lowest BCUT2D eigenvalue weighted by Crippen LogP contribution is -2.10. The van der Waals surface area contributed by atoms with Gasteiger partial charge in [0.1, 0.15) is 5.56 Å². The van der Waals surface area contributed by atoms with Crippen LogP contribution in [0.15, 0.2) is 12.3 Å². The number of rotatable bonds is 1. The summed E-state index contributed by atoms with van der Waals surface area (Å²) in [6, 6.07) is 1.43. The number of amides is 1. The lowest BCUT2D eigenvalue weighted by atomic mass is 10.2. The SMILES string of the molecule is CC(=O)Nc1ccnc2c1C(=O)OC2=O. The van der Waals surface area contributed by atoms with Gasteiger partial charge in [0, 0.05) is 13.1 Å². The van der Waals surface area contributed by atoms with Crippen LogP contribution in [-0.2, 0) is 9.53 Å². The minimum atomic E-state index is -0.790. The van der Waals surface area contributed by atoms with E-state index in [0.29, 0.717) is 0 Å². The van der Waals surface area contributed by atoms with Crippen LogP contribution in [0.25, 0.3) is 0 Å². The molecule has 1 N–H and O–H groups in total. The highest BCUT2D eigenvalue weighted by Gasteiger charge is 2.33. The highest BCUT2D eigenvalue weighted by atomic mass is 16.6. The van der Waals surface area contributed by atoms with Crippen molar-refractivity contribution in [2.45, 2.75) is 6.92 Å². The summed E-state index contributed by atoms with van der Waals surface area (Å²) in [5, 5.41) is 2.42. The van der Waals surface area contributed by atoms with Gasteiger partial charge in [0.05, 0.1) is 5.69 Å². The Kier molecular flexibility index (Phi) is 1.96. The van der Waals surface area contributed by atoms with Gasteiger partial charge in [-0.25, -0.2) is 14.6 Å². The molecule has 0 saturated carbocycles. The van der Waals surface area contributed by atoms with Gasteiger partial charge in [-0.3, -0.25) is 4.79 Å². The molecule has 2 heterocycles. The van der Waals surface area contributed by atoms with Crippen molar-refractivity contribution in [2.24, 2.45) is 0 Å². The maximum Gasteiger partial charge on any atom is 0.365 e. The molecule has 0 atom stereocenters. The van der Waals surface area contributed by atoms with E-state index in [-0.39, 0.29) is 22.9 Å². The second-order valence-corrected chi connectivity index (χ2v) is 2.94. The summed E-state index contributed by atoms with van der Waals surface area (Å²) in [5.74, 6) is -1.91. The van der Waals surface area contributed by atoms with Crippen molar-refractivity contribution in [1.29, 1.82) is 0 Å². The van der Waals surface area contributed by atoms with E-state index >= 15 is 0 Å². The molecule has 1 amide bonds. The van der Waals surface area contributed by atoms with Gasteiger partial charge < -0.3 is 10.1 Å². The molecule has 0 aromatic carbocycles. The van der Waals surface area contributed by atoms with Crippen LogP contribution in [-0.4, -0.2) is 22.8 Å². The quantitative estimate of drug-likeness (QED) is 0.529. The number of hydrogen-bond acceptors (Lipinski definition) is 5. The molecule has 0 aliphatic carbocycles. The van der Waals surface area contributed by atoms with Gasteiger partial charge in [0.2, 0.25) is 5.91 Å². The monoisotopic (exact) mass is 206 g/mol. The van der Waals surface area contributed by atoms with Crippen molar-refractivity contribution in [1.82, 2.24) is 4.98 Å². The molecule has 1 aromatic rings. The van der Waals surface area contributed by atoms with Crippen LogP contribution < -0.4 is 5.32 Å².